The summed E-state index contributed by atoms with van der Waals surface area (Å²) >= 11 is 0. The smallest absolute Gasteiger partial charge is 0.232 e. The molecule has 0 spiro atoms. The third-order valence-electron chi connectivity index (χ3n) is 4.50. The van der Waals surface area contributed by atoms with Crippen molar-refractivity contribution in [1.82, 2.24) is 14.9 Å². The number of likely N-dealkylation sites (tertiary alicyclic amines) is 1. The van der Waals surface area contributed by atoms with E-state index in [4.69, 9.17) is 9.47 Å². The lowest BCUT2D eigenvalue weighted by Crippen LogP contribution is -2.47. The van der Waals surface area contributed by atoms with Crippen molar-refractivity contribution in [3.8, 4) is 5.88 Å². The van der Waals surface area contributed by atoms with Crippen molar-refractivity contribution in [3.05, 3.63) is 18.6 Å². The van der Waals surface area contributed by atoms with Gasteiger partial charge in [0.25, 0.3) is 0 Å². The van der Waals surface area contributed by atoms with Crippen molar-refractivity contribution in [2.45, 2.75) is 44.8 Å². The zero-order valence-electron chi connectivity index (χ0n) is 13.0. The minimum Gasteiger partial charge on any atom is -0.473 e. The van der Waals surface area contributed by atoms with Gasteiger partial charge in [-0.3, -0.25) is 9.78 Å². The van der Waals surface area contributed by atoms with Crippen molar-refractivity contribution in [2.75, 3.05) is 19.7 Å². The molecule has 2 aliphatic heterocycles. The maximum Gasteiger partial charge on any atom is 0.232 e. The van der Waals surface area contributed by atoms with E-state index < -0.39 is 0 Å². The molecule has 1 aromatic rings. The Bertz CT molecular complexity index is 489. The van der Waals surface area contributed by atoms with Gasteiger partial charge in [0, 0.05) is 44.9 Å². The summed E-state index contributed by atoms with van der Waals surface area (Å²) in [6.45, 7) is 4.27. The molecule has 0 bridgehead atoms. The minimum absolute atomic E-state index is 0.0196. The number of carbonyl (C=O) groups excluding carboxylic acids is 1. The van der Waals surface area contributed by atoms with Crippen molar-refractivity contribution in [1.29, 1.82) is 0 Å². The molecule has 0 saturated carbocycles. The molecule has 6 nitrogen and oxygen atoms in total. The van der Waals surface area contributed by atoms with Crippen LogP contribution in [0.5, 0.6) is 5.88 Å². The van der Waals surface area contributed by atoms with Crippen LogP contribution in [0.4, 0.5) is 0 Å². The maximum atomic E-state index is 12.6. The molecule has 0 radical (unpaired) electrons. The predicted octanol–water partition coefficient (Wildman–Crippen LogP) is 1.66. The summed E-state index contributed by atoms with van der Waals surface area (Å²) in [6.07, 6.45) is 8.62. The van der Waals surface area contributed by atoms with Crippen molar-refractivity contribution in [2.24, 2.45) is 5.92 Å². The van der Waals surface area contributed by atoms with Gasteiger partial charge in [-0.1, -0.05) is 0 Å². The highest BCUT2D eigenvalue weighted by molar-refractivity contribution is 5.79. The number of aromatic nitrogens is 2. The first-order valence-corrected chi connectivity index (χ1v) is 8.07. The number of carbonyl (C=O) groups is 1. The van der Waals surface area contributed by atoms with Gasteiger partial charge in [-0.05, 0) is 19.8 Å². The van der Waals surface area contributed by atoms with Crippen molar-refractivity contribution in [3.63, 3.8) is 0 Å². The number of hydrogen-bond donors (Lipinski definition) is 0. The number of piperidine rings is 1. The van der Waals surface area contributed by atoms with Crippen LogP contribution in [0.25, 0.3) is 0 Å². The highest BCUT2D eigenvalue weighted by Gasteiger charge is 2.34. The molecule has 6 heteroatoms. The Morgan fingerprint density at radius 2 is 2.14 bits per heavy atom. The van der Waals surface area contributed by atoms with E-state index in [0.29, 0.717) is 5.88 Å². The fourth-order valence-corrected chi connectivity index (χ4v) is 3.19. The van der Waals surface area contributed by atoms with E-state index in [0.717, 1.165) is 45.4 Å². The summed E-state index contributed by atoms with van der Waals surface area (Å²) in [4.78, 5) is 22.7. The average Bonchev–Trinajstić information content (AvgIpc) is 2.56. The van der Waals surface area contributed by atoms with Gasteiger partial charge >= 0.3 is 0 Å². The Morgan fingerprint density at radius 3 is 2.82 bits per heavy atom. The Balaban J connectivity index is 1.50. The molecule has 2 fully saturated rings. The fraction of sp³-hybridized carbons (Fsp3) is 0.688. The third kappa shape index (κ3) is 3.55. The lowest BCUT2D eigenvalue weighted by molar-refractivity contribution is -0.145. The Kier molecular flexibility index (Phi) is 4.87. The van der Waals surface area contributed by atoms with Crippen LogP contribution >= 0.6 is 0 Å². The standard InChI is InChI=1S/C16H23N3O3/c1-12-14(3-2-10-21-12)16(20)19-8-4-13(5-9-19)22-15-11-17-6-7-18-15/h6-7,11-14H,2-5,8-10H2,1H3/t12-,14+/m0/s1. The highest BCUT2D eigenvalue weighted by atomic mass is 16.5. The van der Waals surface area contributed by atoms with Crippen LogP contribution in [-0.4, -0.2) is 52.7 Å². The summed E-state index contributed by atoms with van der Waals surface area (Å²) in [5.41, 5.74) is 0. The van der Waals surface area contributed by atoms with Gasteiger partial charge < -0.3 is 14.4 Å². The summed E-state index contributed by atoms with van der Waals surface area (Å²) in [6, 6.07) is 0. The van der Waals surface area contributed by atoms with Crippen molar-refractivity contribution < 1.29 is 14.3 Å². The van der Waals surface area contributed by atoms with E-state index in [1.807, 2.05) is 11.8 Å². The molecule has 120 valence electrons. The van der Waals surface area contributed by atoms with Crippen LogP contribution in [0, 0.1) is 5.92 Å². The van der Waals surface area contributed by atoms with Crippen LogP contribution in [-0.2, 0) is 9.53 Å². The maximum absolute atomic E-state index is 12.6. The lowest BCUT2D eigenvalue weighted by atomic mass is 9.93. The molecule has 0 unspecified atom stereocenters. The van der Waals surface area contributed by atoms with E-state index in [2.05, 4.69) is 9.97 Å². The molecular formula is C16H23N3O3. The SMILES string of the molecule is C[C@@H]1OCCC[C@H]1C(=O)N1CCC(Oc2cnccn2)CC1. The van der Waals surface area contributed by atoms with E-state index >= 15 is 0 Å². The molecule has 1 amide bonds. The Morgan fingerprint density at radius 1 is 1.32 bits per heavy atom. The highest BCUT2D eigenvalue weighted by Crippen LogP contribution is 2.25. The lowest BCUT2D eigenvalue weighted by Gasteiger charge is -2.36. The van der Waals surface area contributed by atoms with Gasteiger partial charge in [0.1, 0.15) is 6.10 Å². The van der Waals surface area contributed by atoms with Crippen LogP contribution in [0.3, 0.4) is 0 Å². The zero-order chi connectivity index (χ0) is 15.4. The zero-order valence-corrected chi connectivity index (χ0v) is 13.0. The Hall–Kier alpha value is -1.69. The first-order valence-electron chi connectivity index (χ1n) is 8.07. The largest absolute Gasteiger partial charge is 0.473 e. The Labute approximate surface area is 130 Å². The molecule has 0 aromatic carbocycles. The second-order valence-electron chi connectivity index (χ2n) is 6.01. The van der Waals surface area contributed by atoms with Gasteiger partial charge in [0.15, 0.2) is 0 Å². The second kappa shape index (κ2) is 7.05. The topological polar surface area (TPSA) is 64.5 Å². The van der Waals surface area contributed by atoms with E-state index in [1.165, 1.54) is 0 Å². The third-order valence-corrected chi connectivity index (χ3v) is 4.50. The molecule has 2 atom stereocenters. The van der Waals surface area contributed by atoms with Gasteiger partial charge in [-0.2, -0.15) is 0 Å². The molecule has 0 aliphatic carbocycles. The normalized spacial score (nSPS) is 26.7. The van der Waals surface area contributed by atoms with Crippen molar-refractivity contribution >= 4 is 5.91 Å². The molecule has 2 aliphatic rings. The molecule has 3 rings (SSSR count). The fourth-order valence-electron chi connectivity index (χ4n) is 3.19. The van der Waals surface area contributed by atoms with Crippen LogP contribution in [0.1, 0.15) is 32.6 Å². The van der Waals surface area contributed by atoms with Gasteiger partial charge in [0.2, 0.25) is 11.8 Å². The summed E-state index contributed by atoms with van der Waals surface area (Å²) < 4.78 is 11.4. The number of hydrogen-bond acceptors (Lipinski definition) is 5. The van der Waals surface area contributed by atoms with Gasteiger partial charge in [0.05, 0.1) is 18.2 Å². The summed E-state index contributed by atoms with van der Waals surface area (Å²) in [5, 5.41) is 0. The van der Waals surface area contributed by atoms with Crippen LogP contribution < -0.4 is 4.74 Å². The van der Waals surface area contributed by atoms with Gasteiger partial charge in [-0.25, -0.2) is 4.98 Å². The van der Waals surface area contributed by atoms with E-state index in [1.54, 1.807) is 18.6 Å². The number of nitrogens with zero attached hydrogens (tertiary/aromatic N) is 3. The quantitative estimate of drug-likeness (QED) is 0.850. The molecule has 0 N–H and O–H groups in total. The molecular weight excluding hydrogens is 282 g/mol. The first-order chi connectivity index (χ1) is 10.7. The van der Waals surface area contributed by atoms with Gasteiger partial charge in [-0.15, -0.1) is 0 Å². The van der Waals surface area contributed by atoms with Crippen LogP contribution in [0.15, 0.2) is 18.6 Å². The number of amides is 1. The average molecular weight is 305 g/mol. The van der Waals surface area contributed by atoms with Crippen LogP contribution in [0.2, 0.25) is 0 Å². The number of rotatable bonds is 3. The van der Waals surface area contributed by atoms with E-state index in [9.17, 15) is 4.79 Å². The second-order valence-corrected chi connectivity index (χ2v) is 6.01. The summed E-state index contributed by atoms with van der Waals surface area (Å²) in [7, 11) is 0. The number of ether oxygens (including phenoxy) is 2. The molecule has 1 aromatic heterocycles. The molecule has 3 heterocycles. The first kappa shape index (κ1) is 15.2. The monoisotopic (exact) mass is 305 g/mol. The summed E-state index contributed by atoms with van der Waals surface area (Å²) in [5.74, 6) is 0.818. The molecule has 2 saturated heterocycles. The molecule has 22 heavy (non-hydrogen) atoms. The predicted molar refractivity (Wildman–Crippen MR) is 80.4 cm³/mol. The minimum atomic E-state index is 0.0196. The van der Waals surface area contributed by atoms with E-state index in [-0.39, 0.29) is 24.0 Å².